The summed E-state index contributed by atoms with van der Waals surface area (Å²) in [5, 5.41) is 10.3. The van der Waals surface area contributed by atoms with Gasteiger partial charge in [0.1, 0.15) is 0 Å². The number of benzene rings is 2. The molecule has 0 amide bonds. The standard InChI is InChI=1S/C18H16F3NO3S/c1-17(23,18(19,20)21)12-6-8-13(9-7-12)26(24,25)16-10-11-22-15-5-3-2-4-14(15)16/h2-11,23-25H,1H3. The molecule has 4 nitrogen and oxygen atoms in total. The van der Waals surface area contributed by atoms with Gasteiger partial charge in [-0.15, -0.1) is 10.6 Å². The van der Waals surface area contributed by atoms with Crippen LogP contribution in [0.15, 0.2) is 70.6 Å². The van der Waals surface area contributed by atoms with Gasteiger partial charge in [0.15, 0.2) is 5.60 Å². The monoisotopic (exact) mass is 383 g/mol. The molecule has 0 spiro atoms. The maximum absolute atomic E-state index is 12.9. The SMILES string of the molecule is CC(O)(c1ccc(S(O)(O)c2ccnc3ccccc23)cc1)C(F)(F)F. The molecule has 0 saturated heterocycles. The molecule has 26 heavy (non-hydrogen) atoms. The average Bonchev–Trinajstić information content (AvgIpc) is 2.60. The van der Waals surface area contributed by atoms with Crippen molar-refractivity contribution >= 4 is 21.5 Å². The first-order chi connectivity index (χ1) is 12.0. The first kappa shape index (κ1) is 18.7. The second kappa shape index (κ2) is 6.24. The normalized spacial score (nSPS) is 15.7. The lowest BCUT2D eigenvalue weighted by molar-refractivity contribution is -0.258. The minimum atomic E-state index is -4.85. The molecular weight excluding hydrogens is 367 g/mol. The molecule has 2 aromatic carbocycles. The number of rotatable bonds is 3. The third-order valence-corrected chi connectivity index (χ3v) is 6.11. The fourth-order valence-corrected chi connectivity index (χ4v) is 4.08. The maximum atomic E-state index is 12.9. The van der Waals surface area contributed by atoms with Crippen molar-refractivity contribution in [2.24, 2.45) is 0 Å². The largest absolute Gasteiger partial charge is 0.421 e. The summed E-state index contributed by atoms with van der Waals surface area (Å²) in [6.45, 7) is 0.649. The van der Waals surface area contributed by atoms with Crippen LogP contribution in [0.3, 0.4) is 0 Å². The van der Waals surface area contributed by atoms with Gasteiger partial charge in [0.05, 0.1) is 15.3 Å². The topological polar surface area (TPSA) is 73.6 Å². The maximum Gasteiger partial charge on any atom is 0.421 e. The van der Waals surface area contributed by atoms with E-state index in [4.69, 9.17) is 0 Å². The van der Waals surface area contributed by atoms with E-state index < -0.39 is 22.4 Å². The van der Waals surface area contributed by atoms with Crippen molar-refractivity contribution in [1.29, 1.82) is 0 Å². The van der Waals surface area contributed by atoms with Crippen molar-refractivity contribution in [2.45, 2.75) is 28.5 Å². The summed E-state index contributed by atoms with van der Waals surface area (Å²) in [7, 11) is -3.47. The second-order valence-corrected chi connectivity index (χ2v) is 7.98. The van der Waals surface area contributed by atoms with Gasteiger partial charge in [-0.25, -0.2) is 0 Å². The van der Waals surface area contributed by atoms with E-state index in [-0.39, 0.29) is 15.4 Å². The number of halogens is 3. The Labute approximate surface area is 149 Å². The van der Waals surface area contributed by atoms with Crippen LogP contribution in [0.2, 0.25) is 0 Å². The Morgan fingerprint density at radius 2 is 1.54 bits per heavy atom. The van der Waals surface area contributed by atoms with Gasteiger partial charge in [0.2, 0.25) is 0 Å². The number of fused-ring (bicyclic) bond motifs is 1. The van der Waals surface area contributed by atoms with E-state index in [1.54, 1.807) is 24.3 Å². The predicted molar refractivity (Wildman–Crippen MR) is 93.2 cm³/mol. The van der Waals surface area contributed by atoms with Crippen LogP contribution in [0.25, 0.3) is 10.9 Å². The minimum absolute atomic E-state index is 0.0515. The van der Waals surface area contributed by atoms with Crippen molar-refractivity contribution in [3.8, 4) is 0 Å². The lowest BCUT2D eigenvalue weighted by Crippen LogP contribution is -2.39. The van der Waals surface area contributed by atoms with Crippen LogP contribution >= 0.6 is 10.6 Å². The number of aliphatic hydroxyl groups is 1. The van der Waals surface area contributed by atoms with E-state index in [9.17, 15) is 27.4 Å². The summed E-state index contributed by atoms with van der Waals surface area (Å²) in [6, 6.07) is 12.8. The van der Waals surface area contributed by atoms with Crippen LogP contribution < -0.4 is 0 Å². The number of para-hydroxylation sites is 1. The fourth-order valence-electron chi connectivity index (χ4n) is 2.58. The fraction of sp³-hybridized carbons (Fsp3) is 0.167. The Bertz CT molecular complexity index is 935. The number of nitrogens with zero attached hydrogens (tertiary/aromatic N) is 1. The van der Waals surface area contributed by atoms with E-state index in [1.165, 1.54) is 24.4 Å². The van der Waals surface area contributed by atoms with Crippen LogP contribution in [0.1, 0.15) is 12.5 Å². The molecule has 3 rings (SSSR count). The average molecular weight is 383 g/mol. The molecule has 0 fully saturated rings. The van der Waals surface area contributed by atoms with Gasteiger partial charge in [0.25, 0.3) is 0 Å². The summed E-state index contributed by atoms with van der Waals surface area (Å²) >= 11 is 0. The lowest BCUT2D eigenvalue weighted by Gasteiger charge is -2.34. The van der Waals surface area contributed by atoms with E-state index >= 15 is 0 Å². The lowest BCUT2D eigenvalue weighted by atomic mass is 9.96. The van der Waals surface area contributed by atoms with Crippen LogP contribution in [-0.4, -0.2) is 25.4 Å². The highest BCUT2D eigenvalue weighted by atomic mass is 32.3. The second-order valence-electron chi connectivity index (χ2n) is 5.97. The number of hydrogen-bond acceptors (Lipinski definition) is 4. The molecule has 0 radical (unpaired) electrons. The van der Waals surface area contributed by atoms with Gasteiger partial charge in [-0.05, 0) is 36.8 Å². The van der Waals surface area contributed by atoms with Crippen LogP contribution in [0, 0.1) is 0 Å². The summed E-state index contributed by atoms with van der Waals surface area (Å²) in [5.74, 6) is 0. The van der Waals surface area contributed by atoms with Crippen molar-refractivity contribution in [3.63, 3.8) is 0 Å². The predicted octanol–water partition coefficient (Wildman–Crippen LogP) is 5.17. The van der Waals surface area contributed by atoms with Gasteiger partial charge in [0, 0.05) is 11.6 Å². The van der Waals surface area contributed by atoms with E-state index in [0.29, 0.717) is 17.8 Å². The molecule has 0 saturated carbocycles. The highest BCUT2D eigenvalue weighted by Gasteiger charge is 2.51. The molecule has 0 bridgehead atoms. The summed E-state index contributed by atoms with van der Waals surface area (Å²) in [5.41, 5.74) is -2.84. The molecule has 138 valence electrons. The summed E-state index contributed by atoms with van der Waals surface area (Å²) < 4.78 is 60.3. The van der Waals surface area contributed by atoms with Gasteiger partial charge in [-0.3, -0.25) is 14.1 Å². The zero-order valence-corrected chi connectivity index (χ0v) is 14.4. The van der Waals surface area contributed by atoms with Crippen molar-refractivity contribution in [1.82, 2.24) is 4.98 Å². The summed E-state index contributed by atoms with van der Waals surface area (Å²) in [4.78, 5) is 4.44. The van der Waals surface area contributed by atoms with Crippen molar-refractivity contribution in [3.05, 3.63) is 66.4 Å². The van der Waals surface area contributed by atoms with Gasteiger partial charge in [-0.1, -0.05) is 30.3 Å². The third-order valence-electron chi connectivity index (χ3n) is 4.21. The Balaban J connectivity index is 2.05. The zero-order chi connectivity index (χ0) is 19.2. The summed E-state index contributed by atoms with van der Waals surface area (Å²) in [6.07, 6.45) is -3.41. The number of alkyl halides is 3. The molecule has 0 aliphatic rings. The molecule has 1 unspecified atom stereocenters. The molecule has 0 aliphatic carbocycles. The molecule has 1 atom stereocenters. The number of pyridine rings is 1. The van der Waals surface area contributed by atoms with E-state index in [2.05, 4.69) is 4.98 Å². The first-order valence-electron chi connectivity index (χ1n) is 7.57. The Morgan fingerprint density at radius 3 is 2.15 bits per heavy atom. The van der Waals surface area contributed by atoms with Crippen LogP contribution in [-0.2, 0) is 5.60 Å². The highest BCUT2D eigenvalue weighted by molar-refractivity contribution is 8.24. The van der Waals surface area contributed by atoms with Crippen molar-refractivity contribution < 1.29 is 27.4 Å². The molecule has 3 N–H and O–H groups in total. The van der Waals surface area contributed by atoms with Crippen molar-refractivity contribution in [2.75, 3.05) is 0 Å². The molecule has 0 aliphatic heterocycles. The highest BCUT2D eigenvalue weighted by Crippen LogP contribution is 2.57. The third kappa shape index (κ3) is 3.05. The first-order valence-corrected chi connectivity index (χ1v) is 9.11. The number of aromatic nitrogens is 1. The molecule has 3 aromatic rings. The molecule has 1 heterocycles. The smallest absolute Gasteiger partial charge is 0.376 e. The Hall–Kier alpha value is -2.13. The van der Waals surface area contributed by atoms with Gasteiger partial charge >= 0.3 is 6.18 Å². The number of hydrogen-bond donors (Lipinski definition) is 3. The van der Waals surface area contributed by atoms with Crippen LogP contribution in [0.4, 0.5) is 13.2 Å². The molecule has 8 heteroatoms. The van der Waals surface area contributed by atoms with Crippen LogP contribution in [0.5, 0.6) is 0 Å². The minimum Gasteiger partial charge on any atom is -0.376 e. The Kier molecular flexibility index (Phi) is 4.48. The molecular formula is C18H16F3NO3S. The molecule has 1 aromatic heterocycles. The van der Waals surface area contributed by atoms with Gasteiger partial charge in [-0.2, -0.15) is 13.2 Å². The van der Waals surface area contributed by atoms with E-state index in [0.717, 1.165) is 12.1 Å². The zero-order valence-electron chi connectivity index (χ0n) is 13.6. The quantitative estimate of drug-likeness (QED) is 0.583. The van der Waals surface area contributed by atoms with E-state index in [1.807, 2.05) is 0 Å². The van der Waals surface area contributed by atoms with Gasteiger partial charge < -0.3 is 5.11 Å². The Morgan fingerprint density at radius 1 is 0.923 bits per heavy atom.